The average Bonchev–Trinajstić information content (AvgIpc) is 3.72. The molecule has 0 radical (unpaired) electrons. The molecule has 0 bridgehead atoms. The molecule has 7 nitrogen and oxygen atoms in total. The molecule has 200 valence electrons. The van der Waals surface area contributed by atoms with Gasteiger partial charge in [-0.3, -0.25) is 14.5 Å². The predicted molar refractivity (Wildman–Crippen MR) is 147 cm³/mol. The number of furan rings is 1. The van der Waals surface area contributed by atoms with E-state index in [9.17, 15) is 14.0 Å². The number of nitrogens with zero attached hydrogens (tertiary/aromatic N) is 3. The standard InChI is InChI=1S/C31H24F2N4O3/c1-17-5-6-19(31(39)37(21-11-12-21)25-4-3-15-35-36-25)16-23(17)22-13-14-24-26(28(22)33)27(30(38)34-2)29(40-24)18-7-9-20(32)10-8-18/h3-10,13-16,21H,11-12H2,1-2H3,(H,34,38). The Labute approximate surface area is 228 Å². The molecule has 40 heavy (non-hydrogen) atoms. The molecule has 9 heteroatoms. The summed E-state index contributed by atoms with van der Waals surface area (Å²) in [7, 11) is 1.44. The van der Waals surface area contributed by atoms with Crippen LogP contribution in [0.3, 0.4) is 0 Å². The van der Waals surface area contributed by atoms with Gasteiger partial charge in [-0.1, -0.05) is 6.07 Å². The second-order valence-electron chi connectivity index (χ2n) is 9.71. The van der Waals surface area contributed by atoms with E-state index < -0.39 is 17.5 Å². The number of rotatable bonds is 6. The summed E-state index contributed by atoms with van der Waals surface area (Å²) in [5, 5.41) is 10.6. The third-order valence-electron chi connectivity index (χ3n) is 7.06. The first kappa shape index (κ1) is 25.4. The SMILES string of the molecule is CNC(=O)c1c(-c2ccc(F)cc2)oc2ccc(-c3cc(C(=O)N(c4cccnn4)C4CC4)ccc3C)c(F)c12. The van der Waals surface area contributed by atoms with Crippen LogP contribution in [-0.2, 0) is 0 Å². The largest absolute Gasteiger partial charge is 0.455 e. The summed E-state index contributed by atoms with van der Waals surface area (Å²) >= 11 is 0. The average molecular weight is 539 g/mol. The van der Waals surface area contributed by atoms with E-state index >= 15 is 4.39 Å². The minimum Gasteiger partial charge on any atom is -0.455 e. The maximum absolute atomic E-state index is 16.4. The number of amides is 2. The van der Waals surface area contributed by atoms with Crippen LogP contribution in [0.25, 0.3) is 33.4 Å². The van der Waals surface area contributed by atoms with Gasteiger partial charge in [0.05, 0.1) is 10.9 Å². The number of carbonyl (C=O) groups excluding carboxylic acids is 2. The molecule has 6 rings (SSSR count). The molecule has 1 N–H and O–H groups in total. The highest BCUT2D eigenvalue weighted by Gasteiger charge is 2.35. The lowest BCUT2D eigenvalue weighted by atomic mass is 9.94. The molecule has 1 fully saturated rings. The number of aryl methyl sites for hydroxylation is 1. The van der Waals surface area contributed by atoms with E-state index in [0.717, 1.165) is 18.4 Å². The van der Waals surface area contributed by atoms with Crippen molar-refractivity contribution in [3.05, 3.63) is 101 Å². The highest BCUT2D eigenvalue weighted by molar-refractivity contribution is 6.12. The minimum absolute atomic E-state index is 0.00599. The molecule has 0 spiro atoms. The predicted octanol–water partition coefficient (Wildman–Crippen LogP) is 6.31. The maximum atomic E-state index is 16.4. The van der Waals surface area contributed by atoms with Gasteiger partial charge in [-0.2, -0.15) is 5.10 Å². The zero-order valence-corrected chi connectivity index (χ0v) is 21.7. The van der Waals surface area contributed by atoms with Crippen LogP contribution >= 0.6 is 0 Å². The fourth-order valence-electron chi connectivity index (χ4n) is 4.90. The van der Waals surface area contributed by atoms with Crippen LogP contribution in [-0.4, -0.2) is 35.1 Å². The van der Waals surface area contributed by atoms with E-state index in [1.165, 1.54) is 31.3 Å². The number of hydrogen-bond acceptors (Lipinski definition) is 5. The van der Waals surface area contributed by atoms with Crippen molar-refractivity contribution in [1.82, 2.24) is 15.5 Å². The Balaban J connectivity index is 1.48. The van der Waals surface area contributed by atoms with E-state index in [4.69, 9.17) is 4.42 Å². The summed E-state index contributed by atoms with van der Waals surface area (Å²) < 4.78 is 35.8. The number of fused-ring (bicyclic) bond motifs is 1. The van der Waals surface area contributed by atoms with Crippen LogP contribution in [0.2, 0.25) is 0 Å². The van der Waals surface area contributed by atoms with E-state index in [-0.39, 0.29) is 39.8 Å². The van der Waals surface area contributed by atoms with E-state index in [1.807, 2.05) is 6.92 Å². The second-order valence-corrected chi connectivity index (χ2v) is 9.71. The Morgan fingerprint density at radius 2 is 1.77 bits per heavy atom. The molecule has 0 aliphatic heterocycles. The van der Waals surface area contributed by atoms with Crippen molar-refractivity contribution in [2.24, 2.45) is 0 Å². The van der Waals surface area contributed by atoms with Crippen molar-refractivity contribution in [1.29, 1.82) is 0 Å². The summed E-state index contributed by atoms with van der Waals surface area (Å²) in [6.07, 6.45) is 3.28. The lowest BCUT2D eigenvalue weighted by Gasteiger charge is -2.21. The van der Waals surface area contributed by atoms with Crippen molar-refractivity contribution >= 4 is 28.6 Å². The summed E-state index contributed by atoms with van der Waals surface area (Å²) in [5.74, 6) is -1.30. The Hall–Kier alpha value is -4.92. The fourth-order valence-corrected chi connectivity index (χ4v) is 4.90. The smallest absolute Gasteiger partial charge is 0.259 e. The fraction of sp³-hybridized carbons (Fsp3) is 0.161. The Morgan fingerprint density at radius 3 is 2.45 bits per heavy atom. The first-order valence-corrected chi connectivity index (χ1v) is 12.8. The summed E-state index contributed by atoms with van der Waals surface area (Å²) in [5.41, 5.74) is 2.47. The Kier molecular flexibility index (Phi) is 6.34. The van der Waals surface area contributed by atoms with Crippen LogP contribution < -0.4 is 10.2 Å². The lowest BCUT2D eigenvalue weighted by molar-refractivity contribution is 0.0961. The Bertz CT molecular complexity index is 1760. The summed E-state index contributed by atoms with van der Waals surface area (Å²) in [6.45, 7) is 1.83. The van der Waals surface area contributed by atoms with Crippen molar-refractivity contribution in [2.45, 2.75) is 25.8 Å². The second kappa shape index (κ2) is 10.00. The van der Waals surface area contributed by atoms with Crippen LogP contribution in [0, 0.1) is 18.6 Å². The van der Waals surface area contributed by atoms with Gasteiger partial charge in [0, 0.05) is 36.0 Å². The molecule has 1 aliphatic rings. The number of halogens is 2. The van der Waals surface area contributed by atoms with E-state index in [0.29, 0.717) is 22.5 Å². The van der Waals surface area contributed by atoms with Crippen molar-refractivity contribution in [3.8, 4) is 22.5 Å². The number of nitrogens with one attached hydrogen (secondary N) is 1. The summed E-state index contributed by atoms with van der Waals surface area (Å²) in [4.78, 5) is 28.3. The molecule has 0 atom stereocenters. The van der Waals surface area contributed by atoms with Gasteiger partial charge < -0.3 is 9.73 Å². The number of benzene rings is 3. The first-order chi connectivity index (χ1) is 19.4. The monoisotopic (exact) mass is 538 g/mol. The molecule has 3 aromatic carbocycles. The van der Waals surface area contributed by atoms with Gasteiger partial charge in [0.15, 0.2) is 5.82 Å². The molecule has 5 aromatic rings. The molecule has 2 aromatic heterocycles. The van der Waals surface area contributed by atoms with E-state index in [2.05, 4.69) is 15.5 Å². The minimum atomic E-state index is -0.658. The maximum Gasteiger partial charge on any atom is 0.259 e. The molecule has 2 amide bonds. The van der Waals surface area contributed by atoms with Gasteiger partial charge in [0.2, 0.25) is 0 Å². The number of aromatic nitrogens is 2. The third-order valence-corrected chi connectivity index (χ3v) is 7.06. The van der Waals surface area contributed by atoms with E-state index in [1.54, 1.807) is 53.6 Å². The van der Waals surface area contributed by atoms with Crippen molar-refractivity contribution < 1.29 is 22.8 Å². The van der Waals surface area contributed by atoms with Crippen LogP contribution in [0.1, 0.15) is 39.1 Å². The number of anilines is 1. The van der Waals surface area contributed by atoms with Gasteiger partial charge in [-0.15, -0.1) is 5.10 Å². The number of hydrogen-bond donors (Lipinski definition) is 1. The Morgan fingerprint density at radius 1 is 1.00 bits per heavy atom. The molecule has 2 heterocycles. The van der Waals surface area contributed by atoms with Gasteiger partial charge in [-0.25, -0.2) is 8.78 Å². The van der Waals surface area contributed by atoms with Gasteiger partial charge in [0.25, 0.3) is 11.8 Å². The zero-order valence-electron chi connectivity index (χ0n) is 21.7. The van der Waals surface area contributed by atoms with Crippen molar-refractivity contribution in [2.75, 3.05) is 11.9 Å². The molecule has 0 saturated heterocycles. The van der Waals surface area contributed by atoms with Gasteiger partial charge in [-0.05, 0) is 91.6 Å². The molecule has 1 saturated carbocycles. The molecule has 1 aliphatic carbocycles. The van der Waals surface area contributed by atoms with Crippen LogP contribution in [0.4, 0.5) is 14.6 Å². The molecular formula is C31H24F2N4O3. The number of carbonyl (C=O) groups is 2. The van der Waals surface area contributed by atoms with Gasteiger partial charge >= 0.3 is 0 Å². The normalized spacial score (nSPS) is 12.9. The highest BCUT2D eigenvalue weighted by Crippen LogP contribution is 2.40. The highest BCUT2D eigenvalue weighted by atomic mass is 19.1. The molecular weight excluding hydrogens is 514 g/mol. The quantitative estimate of drug-likeness (QED) is 0.274. The zero-order chi connectivity index (χ0) is 28.0. The van der Waals surface area contributed by atoms with Crippen molar-refractivity contribution in [3.63, 3.8) is 0 Å². The van der Waals surface area contributed by atoms with Crippen LogP contribution in [0.15, 0.2) is 77.3 Å². The van der Waals surface area contributed by atoms with Crippen LogP contribution in [0.5, 0.6) is 0 Å². The molecule has 0 unspecified atom stereocenters. The lowest BCUT2D eigenvalue weighted by Crippen LogP contribution is -2.34. The van der Waals surface area contributed by atoms with Gasteiger partial charge in [0.1, 0.15) is 23.0 Å². The first-order valence-electron chi connectivity index (χ1n) is 12.8. The summed E-state index contributed by atoms with van der Waals surface area (Å²) in [6, 6.07) is 17.2. The topological polar surface area (TPSA) is 88.3 Å². The third kappa shape index (κ3) is 4.39.